The number of anilines is 1. The van der Waals surface area contributed by atoms with E-state index in [1.54, 1.807) is 0 Å². The molecule has 0 heterocycles. The van der Waals surface area contributed by atoms with Gasteiger partial charge in [0, 0.05) is 11.6 Å². The average Bonchev–Trinajstić information content (AvgIpc) is 2.57. The molecule has 2 N–H and O–H groups in total. The number of carbonyl (C=O) groups excluding carboxylic acids is 1. The lowest BCUT2D eigenvalue weighted by atomic mass is 10.1. The minimum Gasteiger partial charge on any atom is -0.350 e. The van der Waals surface area contributed by atoms with Crippen molar-refractivity contribution in [3.05, 3.63) is 59.9 Å². The molecule has 0 saturated carbocycles. The van der Waals surface area contributed by atoms with Gasteiger partial charge in [-0.25, -0.2) is 12.8 Å². The maximum Gasteiger partial charge on any atom is 0.262 e. The molecule has 0 aliphatic heterocycles. The normalized spacial score (nSPS) is 12.4. The van der Waals surface area contributed by atoms with Gasteiger partial charge in [-0.15, -0.1) is 0 Å². The van der Waals surface area contributed by atoms with E-state index < -0.39 is 15.8 Å². The predicted molar refractivity (Wildman–Crippen MR) is 95.5 cm³/mol. The number of nitrogens with one attached hydrogen (secondary N) is 2. The topological polar surface area (TPSA) is 75.3 Å². The van der Waals surface area contributed by atoms with E-state index in [2.05, 4.69) is 10.0 Å². The largest absolute Gasteiger partial charge is 0.350 e. The summed E-state index contributed by atoms with van der Waals surface area (Å²) in [5.74, 6) is -1.02. The van der Waals surface area contributed by atoms with Crippen LogP contribution < -0.4 is 10.0 Å². The van der Waals surface area contributed by atoms with E-state index in [1.807, 2.05) is 13.8 Å². The molecule has 0 spiro atoms. The van der Waals surface area contributed by atoms with Gasteiger partial charge in [0.25, 0.3) is 15.9 Å². The van der Waals surface area contributed by atoms with Crippen LogP contribution in [-0.4, -0.2) is 20.4 Å². The third-order valence-corrected chi connectivity index (χ3v) is 4.99. The molecule has 2 aromatic carbocycles. The fourth-order valence-electron chi connectivity index (χ4n) is 2.36. The Morgan fingerprint density at radius 2 is 1.88 bits per heavy atom. The quantitative estimate of drug-likeness (QED) is 0.789. The molecular formula is C18H21FN2O3S. The number of hydrogen-bond acceptors (Lipinski definition) is 3. The van der Waals surface area contributed by atoms with Crippen LogP contribution in [0.1, 0.15) is 37.0 Å². The Kier molecular flexibility index (Phi) is 6.14. The molecule has 0 aromatic heterocycles. The number of amides is 1. The molecule has 5 nitrogen and oxygen atoms in total. The molecule has 2 rings (SSSR count). The second-order valence-corrected chi connectivity index (χ2v) is 7.46. The minimum atomic E-state index is -4.00. The zero-order valence-corrected chi connectivity index (χ0v) is 14.9. The van der Waals surface area contributed by atoms with E-state index in [9.17, 15) is 17.6 Å². The SMILES string of the molecule is CCCC(C)NC(=O)c1cccc(S(=O)(=O)Nc2ccccc2F)c1. The van der Waals surface area contributed by atoms with Crippen molar-refractivity contribution in [2.24, 2.45) is 0 Å². The number of sulfonamides is 1. The highest BCUT2D eigenvalue weighted by Gasteiger charge is 2.18. The molecule has 7 heteroatoms. The lowest BCUT2D eigenvalue weighted by molar-refractivity contribution is 0.0938. The van der Waals surface area contributed by atoms with Crippen LogP contribution >= 0.6 is 0 Å². The molecule has 0 saturated heterocycles. The molecule has 1 amide bonds. The molecule has 0 bridgehead atoms. The summed E-state index contributed by atoms with van der Waals surface area (Å²) in [5, 5.41) is 2.82. The first-order valence-electron chi connectivity index (χ1n) is 8.01. The third kappa shape index (κ3) is 5.03. The minimum absolute atomic E-state index is 0.00528. The Hall–Kier alpha value is -2.41. The summed E-state index contributed by atoms with van der Waals surface area (Å²) in [4.78, 5) is 12.1. The van der Waals surface area contributed by atoms with Gasteiger partial charge < -0.3 is 5.32 Å². The maximum atomic E-state index is 13.7. The highest BCUT2D eigenvalue weighted by molar-refractivity contribution is 7.92. The fourth-order valence-corrected chi connectivity index (χ4v) is 3.48. The molecule has 2 aromatic rings. The van der Waals surface area contributed by atoms with Crippen molar-refractivity contribution in [2.45, 2.75) is 37.6 Å². The van der Waals surface area contributed by atoms with Crippen LogP contribution in [0.5, 0.6) is 0 Å². The molecular weight excluding hydrogens is 343 g/mol. The van der Waals surface area contributed by atoms with E-state index in [1.165, 1.54) is 42.5 Å². The van der Waals surface area contributed by atoms with Gasteiger partial charge in [0.1, 0.15) is 5.82 Å². The van der Waals surface area contributed by atoms with Gasteiger partial charge in [0.05, 0.1) is 10.6 Å². The summed E-state index contributed by atoms with van der Waals surface area (Å²) in [7, 11) is -4.00. The second-order valence-electron chi connectivity index (χ2n) is 5.78. The summed E-state index contributed by atoms with van der Waals surface area (Å²) in [6.07, 6.45) is 1.76. The van der Waals surface area contributed by atoms with Crippen LogP contribution in [0.15, 0.2) is 53.4 Å². The number of para-hydroxylation sites is 1. The summed E-state index contributed by atoms with van der Waals surface area (Å²) in [5.41, 5.74) is 0.0910. The molecule has 1 atom stereocenters. The monoisotopic (exact) mass is 364 g/mol. The molecule has 25 heavy (non-hydrogen) atoms. The standard InChI is InChI=1S/C18H21FN2O3S/c1-3-7-13(2)20-18(22)14-8-6-9-15(12-14)25(23,24)21-17-11-5-4-10-16(17)19/h4-6,8-13,21H,3,7H2,1-2H3,(H,20,22). The van der Waals surface area contributed by atoms with Gasteiger partial charge >= 0.3 is 0 Å². The lowest BCUT2D eigenvalue weighted by Crippen LogP contribution is -2.32. The Morgan fingerprint density at radius 3 is 2.56 bits per heavy atom. The second kappa shape index (κ2) is 8.11. The van der Waals surface area contributed by atoms with Crippen LogP contribution in [0, 0.1) is 5.82 Å². The smallest absolute Gasteiger partial charge is 0.262 e. The average molecular weight is 364 g/mol. The van der Waals surface area contributed by atoms with Crippen molar-refractivity contribution in [2.75, 3.05) is 4.72 Å². The predicted octanol–water partition coefficient (Wildman–Crippen LogP) is 3.54. The van der Waals surface area contributed by atoms with Crippen molar-refractivity contribution in [1.29, 1.82) is 0 Å². The molecule has 0 aliphatic rings. The lowest BCUT2D eigenvalue weighted by Gasteiger charge is -2.13. The van der Waals surface area contributed by atoms with Gasteiger partial charge in [-0.2, -0.15) is 0 Å². The van der Waals surface area contributed by atoms with Crippen LogP contribution in [0.25, 0.3) is 0 Å². The third-order valence-electron chi connectivity index (χ3n) is 3.62. The summed E-state index contributed by atoms with van der Waals surface area (Å²) in [6.45, 7) is 3.91. The van der Waals surface area contributed by atoms with Gasteiger partial charge in [0.2, 0.25) is 0 Å². The number of hydrogen-bond donors (Lipinski definition) is 2. The number of rotatable bonds is 7. The maximum absolute atomic E-state index is 13.7. The van der Waals surface area contributed by atoms with Crippen LogP contribution in [0.2, 0.25) is 0 Å². The van der Waals surface area contributed by atoms with Gasteiger partial charge in [-0.05, 0) is 43.7 Å². The van der Waals surface area contributed by atoms with Crippen molar-refractivity contribution >= 4 is 21.6 Å². The van der Waals surface area contributed by atoms with Crippen LogP contribution in [-0.2, 0) is 10.0 Å². The fraction of sp³-hybridized carbons (Fsp3) is 0.278. The van der Waals surface area contributed by atoms with E-state index in [4.69, 9.17) is 0 Å². The van der Waals surface area contributed by atoms with Gasteiger partial charge in [-0.1, -0.05) is 31.5 Å². The Balaban J connectivity index is 2.22. The van der Waals surface area contributed by atoms with Crippen LogP contribution in [0.3, 0.4) is 0 Å². The molecule has 134 valence electrons. The van der Waals surface area contributed by atoms with Crippen molar-refractivity contribution in [1.82, 2.24) is 5.32 Å². The van der Waals surface area contributed by atoms with E-state index >= 15 is 0 Å². The van der Waals surface area contributed by atoms with E-state index in [0.717, 1.165) is 18.9 Å². The number of benzene rings is 2. The number of carbonyl (C=O) groups is 1. The first kappa shape index (κ1) is 18.9. The molecule has 0 fully saturated rings. The highest BCUT2D eigenvalue weighted by atomic mass is 32.2. The molecule has 1 unspecified atom stereocenters. The molecule has 0 radical (unpaired) electrons. The summed E-state index contributed by atoms with van der Waals surface area (Å²) in [6, 6.07) is 11.1. The zero-order valence-electron chi connectivity index (χ0n) is 14.1. The van der Waals surface area contributed by atoms with Crippen molar-refractivity contribution < 1.29 is 17.6 Å². The van der Waals surface area contributed by atoms with E-state index in [-0.39, 0.29) is 28.1 Å². The Morgan fingerprint density at radius 1 is 1.16 bits per heavy atom. The summed E-state index contributed by atoms with van der Waals surface area (Å²) < 4.78 is 40.8. The first-order chi connectivity index (χ1) is 11.8. The summed E-state index contributed by atoms with van der Waals surface area (Å²) >= 11 is 0. The van der Waals surface area contributed by atoms with Crippen molar-refractivity contribution in [3.63, 3.8) is 0 Å². The zero-order chi connectivity index (χ0) is 18.4. The van der Waals surface area contributed by atoms with Crippen molar-refractivity contribution in [3.8, 4) is 0 Å². The first-order valence-corrected chi connectivity index (χ1v) is 9.50. The highest BCUT2D eigenvalue weighted by Crippen LogP contribution is 2.19. The van der Waals surface area contributed by atoms with Gasteiger partial charge in [0.15, 0.2) is 0 Å². The van der Waals surface area contributed by atoms with Gasteiger partial charge in [-0.3, -0.25) is 9.52 Å². The Labute approximate surface area is 147 Å². The van der Waals surface area contributed by atoms with Crippen LogP contribution in [0.4, 0.5) is 10.1 Å². The number of halogens is 1. The van der Waals surface area contributed by atoms with E-state index in [0.29, 0.717) is 0 Å². The molecule has 0 aliphatic carbocycles. The Bertz CT molecular complexity index is 853.